The van der Waals surface area contributed by atoms with Gasteiger partial charge in [0.25, 0.3) is 0 Å². The van der Waals surface area contributed by atoms with Crippen molar-refractivity contribution in [2.45, 2.75) is 77.5 Å². The van der Waals surface area contributed by atoms with E-state index in [0.717, 1.165) is 25.7 Å². The van der Waals surface area contributed by atoms with Crippen molar-refractivity contribution < 1.29 is 38.6 Å². The molecule has 0 spiro atoms. The van der Waals surface area contributed by atoms with Gasteiger partial charge in [0.05, 0.1) is 26.4 Å². The monoisotopic (exact) mass is 670 g/mol. The highest BCUT2D eigenvalue weighted by Gasteiger charge is 2.49. The van der Waals surface area contributed by atoms with Gasteiger partial charge in [0.2, 0.25) is 17.7 Å². The van der Waals surface area contributed by atoms with Crippen LogP contribution in [0.3, 0.4) is 0 Å². The molecule has 14 heteroatoms. The SMILES string of the molecule is CC(C)[C@@H](NC(=O)CCOCCNC(=O)OCC1C2CCC#CCCC21)C(=O)N[C@@H](CCCNC(N)=O)C(=O)Nc1ccc(CO)cc1. The Morgan fingerprint density at radius 1 is 0.938 bits per heavy atom. The van der Waals surface area contributed by atoms with Crippen molar-refractivity contribution in [3.63, 3.8) is 0 Å². The molecule has 3 rings (SSSR count). The van der Waals surface area contributed by atoms with Crippen LogP contribution in [0.4, 0.5) is 15.3 Å². The van der Waals surface area contributed by atoms with E-state index < -0.39 is 41.9 Å². The van der Waals surface area contributed by atoms with Gasteiger partial charge in [0.1, 0.15) is 12.1 Å². The summed E-state index contributed by atoms with van der Waals surface area (Å²) in [6.07, 6.45) is 3.99. The number of ether oxygens (including phenoxy) is 2. The number of aliphatic hydroxyl groups is 1. The standard InChI is InChI=1S/C34H50N6O8/c1-22(2)30(32(44)39-28(10-7-16-36-33(35)45)31(43)38-24-13-11-23(20-41)12-14-24)40-29(42)15-18-47-19-17-37-34(46)48-21-27-25-8-5-3-4-6-9-26(25)27/h11-14,22,25-28,30,41H,5-10,15-21H2,1-2H3,(H,37,46)(H,38,43)(H,39,44)(H,40,42)(H3,35,36,45)/t25?,26?,27?,28-,30+/m0/s1. The highest BCUT2D eigenvalue weighted by molar-refractivity contribution is 5.98. The number of rotatable bonds is 19. The summed E-state index contributed by atoms with van der Waals surface area (Å²) >= 11 is 0. The largest absolute Gasteiger partial charge is 0.449 e. The Morgan fingerprint density at radius 2 is 1.62 bits per heavy atom. The molecule has 2 aliphatic carbocycles. The molecule has 0 bridgehead atoms. The van der Waals surface area contributed by atoms with E-state index in [4.69, 9.17) is 15.2 Å². The molecule has 0 aliphatic heterocycles. The average molecular weight is 671 g/mol. The maximum atomic E-state index is 13.3. The number of carbonyl (C=O) groups is 5. The van der Waals surface area contributed by atoms with Crippen LogP contribution < -0.4 is 32.3 Å². The number of primary amides is 1. The lowest BCUT2D eigenvalue weighted by Gasteiger charge is -2.25. The van der Waals surface area contributed by atoms with Crippen molar-refractivity contribution in [2.75, 3.05) is 38.2 Å². The minimum Gasteiger partial charge on any atom is -0.449 e. The van der Waals surface area contributed by atoms with Gasteiger partial charge in [-0.25, -0.2) is 9.59 Å². The number of benzene rings is 1. The molecule has 8 N–H and O–H groups in total. The second-order valence-electron chi connectivity index (χ2n) is 12.4. The van der Waals surface area contributed by atoms with Crippen molar-refractivity contribution in [1.82, 2.24) is 21.3 Å². The number of anilines is 1. The van der Waals surface area contributed by atoms with Crippen molar-refractivity contribution in [3.05, 3.63) is 29.8 Å². The average Bonchev–Trinajstić information content (AvgIpc) is 3.70. The van der Waals surface area contributed by atoms with Gasteiger partial charge in [0, 0.05) is 38.0 Å². The van der Waals surface area contributed by atoms with Gasteiger partial charge >= 0.3 is 12.1 Å². The van der Waals surface area contributed by atoms with Crippen molar-refractivity contribution in [3.8, 4) is 11.8 Å². The Morgan fingerprint density at radius 3 is 2.25 bits per heavy atom. The molecular formula is C34H50N6O8. The summed E-state index contributed by atoms with van der Waals surface area (Å²) in [6, 6.07) is 4.01. The first-order valence-electron chi connectivity index (χ1n) is 16.7. The fraction of sp³-hybridized carbons (Fsp3) is 0.618. The number of hydrogen-bond donors (Lipinski definition) is 7. The highest BCUT2D eigenvalue weighted by atomic mass is 16.5. The number of nitrogens with one attached hydrogen (secondary N) is 5. The minimum absolute atomic E-state index is 0.0122. The first-order chi connectivity index (χ1) is 23.1. The smallest absolute Gasteiger partial charge is 0.407 e. The number of aliphatic hydroxyl groups excluding tert-OH is 1. The van der Waals surface area contributed by atoms with Gasteiger partial charge in [-0.2, -0.15) is 0 Å². The first kappa shape index (κ1) is 38.1. The van der Waals surface area contributed by atoms with Gasteiger partial charge in [0.15, 0.2) is 0 Å². The van der Waals surface area contributed by atoms with Gasteiger partial charge < -0.3 is 46.9 Å². The van der Waals surface area contributed by atoms with Crippen molar-refractivity contribution in [2.24, 2.45) is 29.4 Å². The van der Waals surface area contributed by atoms with E-state index in [1.807, 2.05) is 0 Å². The number of urea groups is 1. The predicted molar refractivity (Wildman–Crippen MR) is 178 cm³/mol. The van der Waals surface area contributed by atoms with Gasteiger partial charge in [-0.15, -0.1) is 11.8 Å². The molecule has 0 radical (unpaired) electrons. The third kappa shape index (κ3) is 13.4. The number of hydrogen-bond acceptors (Lipinski definition) is 8. The van der Waals surface area contributed by atoms with E-state index in [1.165, 1.54) is 0 Å². The fourth-order valence-corrected chi connectivity index (χ4v) is 5.75. The second kappa shape index (κ2) is 20.1. The molecule has 1 aromatic carbocycles. The molecular weight excluding hydrogens is 620 g/mol. The Balaban J connectivity index is 1.37. The number of alkyl carbamates (subject to hydrolysis) is 1. The zero-order valence-corrected chi connectivity index (χ0v) is 27.8. The van der Waals surface area contributed by atoms with Crippen LogP contribution in [0.5, 0.6) is 0 Å². The summed E-state index contributed by atoms with van der Waals surface area (Å²) in [5.74, 6) is 6.24. The van der Waals surface area contributed by atoms with E-state index in [2.05, 4.69) is 38.4 Å². The van der Waals surface area contributed by atoms with E-state index in [1.54, 1.807) is 38.1 Å². The van der Waals surface area contributed by atoms with Crippen LogP contribution in [0.15, 0.2) is 24.3 Å². The third-order valence-corrected chi connectivity index (χ3v) is 8.51. The highest BCUT2D eigenvalue weighted by Crippen LogP contribution is 2.52. The Hall–Kier alpha value is -4.35. The summed E-state index contributed by atoms with van der Waals surface area (Å²) in [6.45, 7) is 4.51. The molecule has 6 amide bonds. The molecule has 2 unspecified atom stereocenters. The number of nitrogens with two attached hydrogens (primary N) is 1. The van der Waals surface area contributed by atoms with Gasteiger partial charge in [-0.3, -0.25) is 14.4 Å². The van der Waals surface area contributed by atoms with E-state index in [-0.39, 0.29) is 51.7 Å². The maximum Gasteiger partial charge on any atom is 0.407 e. The van der Waals surface area contributed by atoms with Crippen LogP contribution >= 0.6 is 0 Å². The molecule has 1 aromatic rings. The summed E-state index contributed by atoms with van der Waals surface area (Å²) < 4.78 is 10.9. The lowest BCUT2D eigenvalue weighted by atomic mass is 10.0. The topological polar surface area (TPSA) is 210 Å². The minimum atomic E-state index is -0.970. The molecule has 14 nitrogen and oxygen atoms in total. The Bertz CT molecular complexity index is 1280. The zero-order valence-electron chi connectivity index (χ0n) is 27.8. The van der Waals surface area contributed by atoms with Crippen LogP contribution in [-0.2, 0) is 30.5 Å². The van der Waals surface area contributed by atoms with Crippen molar-refractivity contribution in [1.29, 1.82) is 0 Å². The zero-order chi connectivity index (χ0) is 34.9. The molecule has 48 heavy (non-hydrogen) atoms. The summed E-state index contributed by atoms with van der Waals surface area (Å²) in [4.78, 5) is 62.2. The molecule has 1 fully saturated rings. The van der Waals surface area contributed by atoms with Gasteiger partial charge in [-0.1, -0.05) is 26.0 Å². The molecule has 4 atom stereocenters. The quantitative estimate of drug-likeness (QED) is 0.0850. The summed E-state index contributed by atoms with van der Waals surface area (Å²) in [7, 11) is 0. The lowest BCUT2D eigenvalue weighted by molar-refractivity contribution is -0.132. The van der Waals surface area contributed by atoms with Gasteiger partial charge in [-0.05, 0) is 67.1 Å². The Labute approximate surface area is 282 Å². The van der Waals surface area contributed by atoms with E-state index in [9.17, 15) is 29.1 Å². The van der Waals surface area contributed by atoms with E-state index in [0.29, 0.717) is 42.0 Å². The molecule has 2 aliphatic rings. The molecule has 1 saturated carbocycles. The Kier molecular flexibility index (Phi) is 16.0. The number of amides is 6. The fourth-order valence-electron chi connectivity index (χ4n) is 5.75. The van der Waals surface area contributed by atoms with Crippen LogP contribution in [0.1, 0.15) is 64.4 Å². The summed E-state index contributed by atoms with van der Waals surface area (Å²) in [5, 5.41) is 22.6. The molecule has 0 saturated heterocycles. The van der Waals surface area contributed by atoms with E-state index >= 15 is 0 Å². The molecule has 264 valence electrons. The molecule has 0 heterocycles. The number of carbonyl (C=O) groups excluding carboxylic acids is 5. The lowest BCUT2D eigenvalue weighted by Crippen LogP contribution is -2.54. The van der Waals surface area contributed by atoms with Crippen molar-refractivity contribution >= 4 is 35.5 Å². The van der Waals surface area contributed by atoms with Crippen LogP contribution in [0, 0.1) is 35.5 Å². The predicted octanol–water partition coefficient (Wildman–Crippen LogP) is 1.76. The van der Waals surface area contributed by atoms with Crippen LogP contribution in [0.2, 0.25) is 0 Å². The first-order valence-corrected chi connectivity index (χ1v) is 16.7. The van der Waals surface area contributed by atoms with Crippen LogP contribution in [-0.4, -0.2) is 79.9 Å². The number of fused-ring (bicyclic) bond motifs is 1. The normalized spacial score (nSPS) is 19.1. The third-order valence-electron chi connectivity index (χ3n) is 8.51. The second-order valence-corrected chi connectivity index (χ2v) is 12.4. The van der Waals surface area contributed by atoms with Crippen LogP contribution in [0.25, 0.3) is 0 Å². The maximum absolute atomic E-state index is 13.3. The summed E-state index contributed by atoms with van der Waals surface area (Å²) in [5.41, 5.74) is 6.28. The molecule has 0 aromatic heterocycles.